The standard InChI is InChI=1S/C25H24O7/c1-5-25(15-29-23(27)19-10-6-16(2)7-11-19)21(14-22(32-25)30-18(4)26)31-24(28)20-12-8-17(3)9-13-20/h1,6-13,21-22H,14-15H2,2-4H3. The summed E-state index contributed by atoms with van der Waals surface area (Å²) in [6.07, 6.45) is 3.69. The van der Waals surface area contributed by atoms with Crippen molar-refractivity contribution in [1.82, 2.24) is 0 Å². The van der Waals surface area contributed by atoms with Crippen LogP contribution >= 0.6 is 0 Å². The lowest BCUT2D eigenvalue weighted by Gasteiger charge is -2.28. The highest BCUT2D eigenvalue weighted by molar-refractivity contribution is 5.90. The summed E-state index contributed by atoms with van der Waals surface area (Å²) in [5, 5.41) is 0. The van der Waals surface area contributed by atoms with Gasteiger partial charge in [-0.25, -0.2) is 9.59 Å². The molecule has 166 valence electrons. The van der Waals surface area contributed by atoms with Gasteiger partial charge in [0.15, 0.2) is 6.10 Å². The molecular formula is C25H24O7. The number of aryl methyl sites for hydroxylation is 2. The molecule has 1 saturated heterocycles. The molecule has 1 fully saturated rings. The summed E-state index contributed by atoms with van der Waals surface area (Å²) in [6, 6.07) is 13.6. The molecule has 3 unspecified atom stereocenters. The quantitative estimate of drug-likeness (QED) is 0.390. The fourth-order valence-electron chi connectivity index (χ4n) is 3.25. The number of carbonyl (C=O) groups excluding carboxylic acids is 3. The highest BCUT2D eigenvalue weighted by Crippen LogP contribution is 2.35. The zero-order valence-electron chi connectivity index (χ0n) is 18.1. The van der Waals surface area contributed by atoms with Gasteiger partial charge in [-0.3, -0.25) is 4.79 Å². The molecule has 32 heavy (non-hydrogen) atoms. The fraction of sp³-hybridized carbons (Fsp3) is 0.320. The van der Waals surface area contributed by atoms with E-state index in [9.17, 15) is 14.4 Å². The lowest BCUT2D eigenvalue weighted by molar-refractivity contribution is -0.184. The maximum Gasteiger partial charge on any atom is 0.338 e. The fourth-order valence-corrected chi connectivity index (χ4v) is 3.25. The van der Waals surface area contributed by atoms with Crippen LogP contribution in [0.1, 0.15) is 45.2 Å². The van der Waals surface area contributed by atoms with Crippen molar-refractivity contribution in [2.75, 3.05) is 6.61 Å². The highest BCUT2D eigenvalue weighted by Gasteiger charge is 2.53. The molecule has 0 aromatic heterocycles. The molecule has 3 atom stereocenters. The van der Waals surface area contributed by atoms with Crippen molar-refractivity contribution in [1.29, 1.82) is 0 Å². The maximum atomic E-state index is 12.7. The summed E-state index contributed by atoms with van der Waals surface area (Å²) in [5.74, 6) is 0.637. The van der Waals surface area contributed by atoms with E-state index in [1.807, 2.05) is 13.8 Å². The van der Waals surface area contributed by atoms with Crippen LogP contribution in [0.4, 0.5) is 0 Å². The van der Waals surface area contributed by atoms with E-state index in [4.69, 9.17) is 25.4 Å². The van der Waals surface area contributed by atoms with Gasteiger partial charge < -0.3 is 18.9 Å². The average molecular weight is 436 g/mol. The van der Waals surface area contributed by atoms with E-state index in [1.165, 1.54) is 6.92 Å². The Bertz CT molecular complexity index is 1030. The van der Waals surface area contributed by atoms with Crippen LogP contribution in [0.5, 0.6) is 0 Å². The lowest BCUT2D eigenvalue weighted by atomic mass is 9.98. The van der Waals surface area contributed by atoms with Gasteiger partial charge in [0.05, 0.1) is 17.5 Å². The van der Waals surface area contributed by atoms with Crippen LogP contribution in [0.2, 0.25) is 0 Å². The lowest BCUT2D eigenvalue weighted by Crippen LogP contribution is -2.45. The monoisotopic (exact) mass is 436 g/mol. The van der Waals surface area contributed by atoms with E-state index >= 15 is 0 Å². The molecule has 0 saturated carbocycles. The first kappa shape index (κ1) is 23.0. The second kappa shape index (κ2) is 9.67. The van der Waals surface area contributed by atoms with Crippen molar-refractivity contribution in [2.45, 2.75) is 45.2 Å². The van der Waals surface area contributed by atoms with Crippen molar-refractivity contribution in [3.63, 3.8) is 0 Å². The molecule has 7 nitrogen and oxygen atoms in total. The minimum atomic E-state index is -1.61. The topological polar surface area (TPSA) is 88.1 Å². The van der Waals surface area contributed by atoms with Gasteiger partial charge in [0.2, 0.25) is 11.9 Å². The largest absolute Gasteiger partial charge is 0.458 e. The molecular weight excluding hydrogens is 412 g/mol. The van der Waals surface area contributed by atoms with Crippen molar-refractivity contribution >= 4 is 17.9 Å². The third-order valence-corrected chi connectivity index (χ3v) is 5.05. The van der Waals surface area contributed by atoms with E-state index in [-0.39, 0.29) is 13.0 Å². The van der Waals surface area contributed by atoms with E-state index < -0.39 is 35.9 Å². The maximum absolute atomic E-state index is 12.7. The highest BCUT2D eigenvalue weighted by atomic mass is 16.7. The van der Waals surface area contributed by atoms with Crippen molar-refractivity contribution < 1.29 is 33.3 Å². The van der Waals surface area contributed by atoms with Crippen molar-refractivity contribution in [2.24, 2.45) is 0 Å². The summed E-state index contributed by atoms with van der Waals surface area (Å²) >= 11 is 0. The average Bonchev–Trinajstić information content (AvgIpc) is 3.09. The Labute approximate surface area is 186 Å². The molecule has 1 aliphatic rings. The van der Waals surface area contributed by atoms with E-state index in [0.29, 0.717) is 11.1 Å². The third kappa shape index (κ3) is 5.34. The predicted octanol–water partition coefficient (Wildman–Crippen LogP) is 3.37. The smallest absolute Gasteiger partial charge is 0.338 e. The molecule has 0 radical (unpaired) electrons. The summed E-state index contributed by atoms with van der Waals surface area (Å²) in [6.45, 7) is 4.64. The van der Waals surface area contributed by atoms with Crippen LogP contribution in [-0.2, 0) is 23.7 Å². The van der Waals surface area contributed by atoms with Gasteiger partial charge in [-0.05, 0) is 38.1 Å². The number of ether oxygens (including phenoxy) is 4. The minimum Gasteiger partial charge on any atom is -0.458 e. The van der Waals surface area contributed by atoms with Crippen LogP contribution in [-0.4, -0.2) is 42.5 Å². The number of terminal acetylenes is 1. The normalized spacial score (nSPS) is 21.9. The number of esters is 3. The second-order valence-electron chi connectivity index (χ2n) is 7.63. The van der Waals surface area contributed by atoms with Gasteiger partial charge in [-0.2, -0.15) is 0 Å². The first-order valence-corrected chi connectivity index (χ1v) is 10.1. The van der Waals surface area contributed by atoms with E-state index in [2.05, 4.69) is 5.92 Å². The van der Waals surface area contributed by atoms with Gasteiger partial charge in [-0.1, -0.05) is 41.3 Å². The summed E-state index contributed by atoms with van der Waals surface area (Å²) in [7, 11) is 0. The number of benzene rings is 2. The molecule has 2 aromatic carbocycles. The van der Waals surface area contributed by atoms with Crippen LogP contribution in [0, 0.1) is 26.2 Å². The number of hydrogen-bond acceptors (Lipinski definition) is 7. The number of rotatable bonds is 6. The third-order valence-electron chi connectivity index (χ3n) is 5.05. The summed E-state index contributed by atoms with van der Waals surface area (Å²) in [4.78, 5) is 36.6. The summed E-state index contributed by atoms with van der Waals surface area (Å²) in [5.41, 5.74) is 1.04. The summed E-state index contributed by atoms with van der Waals surface area (Å²) < 4.78 is 21.9. The Kier molecular flexibility index (Phi) is 6.96. The zero-order chi connectivity index (χ0) is 23.3. The molecule has 0 amide bonds. The number of hydrogen-bond donors (Lipinski definition) is 0. The Balaban J connectivity index is 1.78. The molecule has 0 bridgehead atoms. The molecule has 0 N–H and O–H groups in total. The Morgan fingerprint density at radius 1 is 0.969 bits per heavy atom. The molecule has 0 aliphatic carbocycles. The second-order valence-corrected chi connectivity index (χ2v) is 7.63. The van der Waals surface area contributed by atoms with Crippen molar-refractivity contribution in [3.05, 3.63) is 70.8 Å². The molecule has 1 aliphatic heterocycles. The van der Waals surface area contributed by atoms with E-state index in [0.717, 1.165) is 11.1 Å². The minimum absolute atomic E-state index is 0.00344. The first-order valence-electron chi connectivity index (χ1n) is 10.1. The Hall–Kier alpha value is -3.63. The van der Waals surface area contributed by atoms with Crippen LogP contribution in [0.15, 0.2) is 48.5 Å². The Morgan fingerprint density at radius 3 is 2.00 bits per heavy atom. The van der Waals surface area contributed by atoms with Crippen LogP contribution in [0.3, 0.4) is 0 Å². The Morgan fingerprint density at radius 2 is 1.50 bits per heavy atom. The van der Waals surface area contributed by atoms with Gasteiger partial charge in [0.1, 0.15) is 6.61 Å². The van der Waals surface area contributed by atoms with E-state index in [1.54, 1.807) is 48.5 Å². The van der Waals surface area contributed by atoms with Crippen LogP contribution < -0.4 is 0 Å². The van der Waals surface area contributed by atoms with Crippen LogP contribution in [0.25, 0.3) is 0 Å². The zero-order valence-corrected chi connectivity index (χ0v) is 18.1. The van der Waals surface area contributed by atoms with Gasteiger partial charge in [0, 0.05) is 6.92 Å². The van der Waals surface area contributed by atoms with Crippen molar-refractivity contribution in [3.8, 4) is 12.3 Å². The van der Waals surface area contributed by atoms with Gasteiger partial charge in [0.25, 0.3) is 0 Å². The van der Waals surface area contributed by atoms with Gasteiger partial charge >= 0.3 is 17.9 Å². The molecule has 0 spiro atoms. The number of carbonyl (C=O) groups is 3. The first-order chi connectivity index (χ1) is 15.2. The molecule has 3 rings (SSSR count). The molecule has 7 heteroatoms. The molecule has 2 aromatic rings. The van der Waals surface area contributed by atoms with Gasteiger partial charge in [-0.15, -0.1) is 6.42 Å². The molecule has 1 heterocycles. The SMILES string of the molecule is C#CC1(COC(=O)c2ccc(C)cc2)OC(OC(C)=O)CC1OC(=O)c1ccc(C)cc1. The predicted molar refractivity (Wildman–Crippen MR) is 115 cm³/mol.